The van der Waals surface area contributed by atoms with Crippen molar-refractivity contribution in [1.82, 2.24) is 9.29 Å². The molecule has 0 spiro atoms. The Kier molecular flexibility index (Phi) is 4.53. The van der Waals surface area contributed by atoms with E-state index in [2.05, 4.69) is 11.1 Å². The first-order valence-electron chi connectivity index (χ1n) is 8.91. The van der Waals surface area contributed by atoms with E-state index >= 15 is 0 Å². The molecule has 1 aromatic heterocycles. The van der Waals surface area contributed by atoms with Crippen LogP contribution in [0.25, 0.3) is 16.5 Å². The quantitative estimate of drug-likeness (QED) is 0.743. The maximum Gasteiger partial charge on any atom is 0.243 e. The third-order valence-electron chi connectivity index (χ3n) is 5.11. The summed E-state index contributed by atoms with van der Waals surface area (Å²) in [6.07, 6.45) is 4.72. The molecule has 2 aromatic carbocycles. The lowest BCUT2D eigenvalue weighted by molar-refractivity contribution is 0.411. The molecule has 27 heavy (non-hydrogen) atoms. The number of fused-ring (bicyclic) bond motifs is 1. The number of aryl methyl sites for hydroxylation is 1. The SMILES string of the molecule is COc1ccc(S(=O)(=O)N2CC=C(c3c[nH]c4ccccc34)CC2)cc1C. The summed E-state index contributed by atoms with van der Waals surface area (Å²) in [5.74, 6) is 0.689. The highest BCUT2D eigenvalue weighted by Crippen LogP contribution is 2.31. The van der Waals surface area contributed by atoms with Crippen molar-refractivity contribution in [1.29, 1.82) is 0 Å². The van der Waals surface area contributed by atoms with Crippen molar-refractivity contribution in [3.63, 3.8) is 0 Å². The number of para-hydroxylation sites is 1. The summed E-state index contributed by atoms with van der Waals surface area (Å²) in [5.41, 5.74) is 4.25. The summed E-state index contributed by atoms with van der Waals surface area (Å²) in [4.78, 5) is 3.60. The van der Waals surface area contributed by atoms with Crippen molar-refractivity contribution in [2.75, 3.05) is 20.2 Å². The van der Waals surface area contributed by atoms with Crippen LogP contribution in [0.2, 0.25) is 0 Å². The van der Waals surface area contributed by atoms with E-state index in [0.717, 1.165) is 16.6 Å². The van der Waals surface area contributed by atoms with Crippen molar-refractivity contribution in [2.24, 2.45) is 0 Å². The summed E-state index contributed by atoms with van der Waals surface area (Å²) < 4.78 is 32.8. The monoisotopic (exact) mass is 382 g/mol. The normalized spacial score (nSPS) is 15.7. The summed E-state index contributed by atoms with van der Waals surface area (Å²) >= 11 is 0. The smallest absolute Gasteiger partial charge is 0.243 e. The average Bonchev–Trinajstić information content (AvgIpc) is 3.12. The molecule has 140 valence electrons. The zero-order valence-electron chi connectivity index (χ0n) is 15.4. The predicted molar refractivity (Wildman–Crippen MR) is 107 cm³/mol. The first-order chi connectivity index (χ1) is 13.0. The molecule has 0 unspecified atom stereocenters. The second-order valence-corrected chi connectivity index (χ2v) is 8.66. The van der Waals surface area contributed by atoms with E-state index in [4.69, 9.17) is 4.74 Å². The van der Waals surface area contributed by atoms with Gasteiger partial charge in [0.1, 0.15) is 5.75 Å². The van der Waals surface area contributed by atoms with E-state index in [9.17, 15) is 8.42 Å². The number of hydrogen-bond donors (Lipinski definition) is 1. The van der Waals surface area contributed by atoms with Crippen molar-refractivity contribution < 1.29 is 13.2 Å². The van der Waals surface area contributed by atoms with Crippen LogP contribution in [0.1, 0.15) is 17.5 Å². The van der Waals surface area contributed by atoms with Crippen LogP contribution in [0, 0.1) is 6.92 Å². The fourth-order valence-electron chi connectivity index (χ4n) is 3.61. The van der Waals surface area contributed by atoms with Crippen LogP contribution in [-0.4, -0.2) is 37.9 Å². The highest BCUT2D eigenvalue weighted by molar-refractivity contribution is 7.89. The number of methoxy groups -OCH3 is 1. The van der Waals surface area contributed by atoms with E-state index in [1.54, 1.807) is 25.3 Å². The molecule has 0 atom stereocenters. The second-order valence-electron chi connectivity index (χ2n) is 6.72. The average molecular weight is 382 g/mol. The molecule has 1 N–H and O–H groups in total. The van der Waals surface area contributed by atoms with E-state index in [1.807, 2.05) is 37.4 Å². The Labute approximate surface area is 159 Å². The first kappa shape index (κ1) is 17.8. The highest BCUT2D eigenvalue weighted by atomic mass is 32.2. The van der Waals surface area contributed by atoms with Crippen LogP contribution < -0.4 is 4.74 Å². The Bertz CT molecular complexity index is 1130. The molecule has 6 heteroatoms. The van der Waals surface area contributed by atoms with Gasteiger partial charge in [-0.25, -0.2) is 8.42 Å². The van der Waals surface area contributed by atoms with Gasteiger partial charge in [0.25, 0.3) is 0 Å². The van der Waals surface area contributed by atoms with Crippen molar-refractivity contribution in [2.45, 2.75) is 18.2 Å². The fourth-order valence-corrected chi connectivity index (χ4v) is 5.08. The Morgan fingerprint density at radius 3 is 2.67 bits per heavy atom. The minimum absolute atomic E-state index is 0.310. The number of ether oxygens (including phenoxy) is 1. The standard InChI is InChI=1S/C21H22N2O3S/c1-15-13-17(7-8-21(15)26-2)27(24,25)23-11-9-16(10-12-23)19-14-22-20-6-4-3-5-18(19)20/h3-9,13-14,22H,10-12H2,1-2H3. The van der Waals surface area contributed by atoms with Gasteiger partial charge in [0.15, 0.2) is 0 Å². The first-order valence-corrected chi connectivity index (χ1v) is 10.3. The molecule has 4 rings (SSSR count). The number of H-pyrrole nitrogens is 1. The maximum absolute atomic E-state index is 13.0. The van der Waals surface area contributed by atoms with Crippen LogP contribution >= 0.6 is 0 Å². The Morgan fingerprint density at radius 2 is 1.96 bits per heavy atom. The molecule has 0 fully saturated rings. The van der Waals surface area contributed by atoms with Gasteiger partial charge in [-0.1, -0.05) is 24.3 Å². The number of benzene rings is 2. The predicted octanol–water partition coefficient (Wildman–Crippen LogP) is 3.96. The molecular weight excluding hydrogens is 360 g/mol. The Hall–Kier alpha value is -2.57. The summed E-state index contributed by atoms with van der Waals surface area (Å²) in [5, 5.41) is 1.17. The fraction of sp³-hybridized carbons (Fsp3) is 0.238. The highest BCUT2D eigenvalue weighted by Gasteiger charge is 2.27. The van der Waals surface area contributed by atoms with Crippen molar-refractivity contribution in [3.05, 3.63) is 65.9 Å². The third-order valence-corrected chi connectivity index (χ3v) is 6.97. The van der Waals surface area contributed by atoms with Crippen molar-refractivity contribution in [3.8, 4) is 5.75 Å². The summed E-state index contributed by atoms with van der Waals surface area (Å²) in [7, 11) is -1.94. The molecule has 0 saturated heterocycles. The molecule has 1 aliphatic rings. The minimum atomic E-state index is -3.52. The number of rotatable bonds is 4. The molecule has 0 radical (unpaired) electrons. The van der Waals surface area contributed by atoms with Crippen LogP contribution in [0.15, 0.2) is 59.6 Å². The van der Waals surface area contributed by atoms with Gasteiger partial charge in [-0.15, -0.1) is 0 Å². The lowest BCUT2D eigenvalue weighted by Crippen LogP contribution is -2.34. The number of hydrogen-bond acceptors (Lipinski definition) is 3. The molecular formula is C21H22N2O3S. The number of nitrogens with one attached hydrogen (secondary N) is 1. The number of nitrogens with zero attached hydrogens (tertiary/aromatic N) is 1. The van der Waals surface area contributed by atoms with Gasteiger partial charge in [0.05, 0.1) is 12.0 Å². The van der Waals surface area contributed by atoms with Crippen LogP contribution in [0.4, 0.5) is 0 Å². The maximum atomic E-state index is 13.0. The van der Waals surface area contributed by atoms with Crippen LogP contribution in [0.3, 0.4) is 0 Å². The zero-order chi connectivity index (χ0) is 19.0. The molecule has 0 bridgehead atoms. The molecule has 1 aliphatic heterocycles. The van der Waals surface area contributed by atoms with E-state index < -0.39 is 10.0 Å². The molecule has 3 aromatic rings. The largest absolute Gasteiger partial charge is 0.496 e. The second kappa shape index (κ2) is 6.87. The van der Waals surface area contributed by atoms with Crippen LogP contribution in [0.5, 0.6) is 5.75 Å². The van der Waals surface area contributed by atoms with E-state index in [-0.39, 0.29) is 0 Å². The lowest BCUT2D eigenvalue weighted by atomic mass is 10.00. The molecule has 5 nitrogen and oxygen atoms in total. The Balaban J connectivity index is 1.60. The van der Waals surface area contributed by atoms with Gasteiger partial charge in [-0.05, 0) is 48.7 Å². The number of sulfonamides is 1. The van der Waals surface area contributed by atoms with Gasteiger partial charge in [-0.3, -0.25) is 0 Å². The molecule has 0 saturated carbocycles. The van der Waals surface area contributed by atoms with Crippen LogP contribution in [-0.2, 0) is 10.0 Å². The number of aromatic nitrogens is 1. The van der Waals surface area contributed by atoms with Gasteiger partial charge >= 0.3 is 0 Å². The Morgan fingerprint density at radius 1 is 1.15 bits per heavy atom. The molecule has 2 heterocycles. The van der Waals surface area contributed by atoms with E-state index in [1.165, 1.54) is 15.3 Å². The van der Waals surface area contributed by atoms with Gasteiger partial charge < -0.3 is 9.72 Å². The topological polar surface area (TPSA) is 62.4 Å². The third kappa shape index (κ3) is 3.15. The van der Waals surface area contributed by atoms with Crippen molar-refractivity contribution >= 4 is 26.5 Å². The molecule has 0 amide bonds. The summed E-state index contributed by atoms with van der Waals surface area (Å²) in [6.45, 7) is 2.70. The van der Waals surface area contributed by atoms with Gasteiger partial charge in [0.2, 0.25) is 10.0 Å². The summed E-state index contributed by atoms with van der Waals surface area (Å²) in [6, 6.07) is 13.2. The van der Waals surface area contributed by atoms with Gasteiger partial charge in [0, 0.05) is 35.8 Å². The zero-order valence-corrected chi connectivity index (χ0v) is 16.2. The lowest BCUT2D eigenvalue weighted by Gasteiger charge is -2.26. The van der Waals surface area contributed by atoms with Gasteiger partial charge in [-0.2, -0.15) is 4.31 Å². The number of aromatic amines is 1. The minimum Gasteiger partial charge on any atom is -0.496 e. The molecule has 0 aliphatic carbocycles. The van der Waals surface area contributed by atoms with E-state index in [0.29, 0.717) is 30.2 Å².